The monoisotopic (exact) mass is 184 g/mol. The molecule has 1 atom stereocenters. The highest BCUT2D eigenvalue weighted by Gasteiger charge is 2.17. The highest BCUT2D eigenvalue weighted by atomic mass is 16.6. The molecule has 0 aliphatic rings. The Morgan fingerprint density at radius 2 is 2.08 bits per heavy atom. The molecule has 0 heterocycles. The molecule has 4 nitrogen and oxygen atoms in total. The lowest BCUT2D eigenvalue weighted by Crippen LogP contribution is -2.24. The summed E-state index contributed by atoms with van der Waals surface area (Å²) in [4.78, 5) is 21.6. The minimum Gasteiger partial charge on any atom is -0.387 e. The van der Waals surface area contributed by atoms with Crippen LogP contribution in [0.15, 0.2) is 24.3 Å². The summed E-state index contributed by atoms with van der Waals surface area (Å²) in [6.45, 7) is 6.34. The number of hydrogen-bond donors (Lipinski definition) is 1. The summed E-state index contributed by atoms with van der Waals surface area (Å²) in [5, 5.41) is 9.01. The molecule has 0 radical (unpaired) electrons. The zero-order valence-electron chi connectivity index (χ0n) is 7.61. The smallest absolute Gasteiger partial charge is 0.346 e. The second-order valence-corrected chi connectivity index (χ2v) is 2.46. The molecule has 0 aromatic rings. The Labute approximate surface area is 76.5 Å². The average Bonchev–Trinajstić information content (AvgIpc) is 2.04. The van der Waals surface area contributed by atoms with Crippen molar-refractivity contribution in [1.29, 1.82) is 0 Å². The molecule has 13 heavy (non-hydrogen) atoms. The van der Waals surface area contributed by atoms with E-state index in [1.165, 1.54) is 19.1 Å². The fourth-order valence-electron chi connectivity index (χ4n) is 0.500. The molecule has 0 aromatic carbocycles. The number of carbonyl (C=O) groups excluding carboxylic acids is 2. The van der Waals surface area contributed by atoms with Crippen LogP contribution < -0.4 is 0 Å². The van der Waals surface area contributed by atoms with E-state index in [4.69, 9.17) is 5.11 Å². The number of hydrogen-bond acceptors (Lipinski definition) is 4. The maximum absolute atomic E-state index is 10.9. The SMILES string of the molecule is C=C(C)C(=O)OC(=O)C(O)C=CC. The average molecular weight is 184 g/mol. The van der Waals surface area contributed by atoms with Crippen molar-refractivity contribution in [3.8, 4) is 0 Å². The predicted molar refractivity (Wildman–Crippen MR) is 46.7 cm³/mol. The van der Waals surface area contributed by atoms with Gasteiger partial charge in [-0.05, 0) is 19.9 Å². The zero-order chi connectivity index (χ0) is 10.4. The van der Waals surface area contributed by atoms with Crippen LogP contribution in [0.1, 0.15) is 13.8 Å². The van der Waals surface area contributed by atoms with Crippen molar-refractivity contribution in [3.05, 3.63) is 24.3 Å². The molecule has 0 fully saturated rings. The fraction of sp³-hybridized carbons (Fsp3) is 0.333. The molecule has 0 aliphatic heterocycles. The molecule has 0 rings (SSSR count). The summed E-state index contributed by atoms with van der Waals surface area (Å²) in [5.74, 6) is -1.82. The van der Waals surface area contributed by atoms with E-state index in [0.29, 0.717) is 0 Å². The van der Waals surface area contributed by atoms with Gasteiger partial charge in [-0.3, -0.25) is 0 Å². The van der Waals surface area contributed by atoms with Gasteiger partial charge in [0.25, 0.3) is 0 Å². The van der Waals surface area contributed by atoms with E-state index in [9.17, 15) is 9.59 Å². The summed E-state index contributed by atoms with van der Waals surface area (Å²) in [7, 11) is 0. The minimum absolute atomic E-state index is 0.112. The van der Waals surface area contributed by atoms with E-state index in [1.54, 1.807) is 6.92 Å². The molecule has 72 valence electrons. The second kappa shape index (κ2) is 5.27. The first-order valence-corrected chi connectivity index (χ1v) is 3.71. The molecule has 0 saturated carbocycles. The Morgan fingerprint density at radius 1 is 1.54 bits per heavy atom. The third kappa shape index (κ3) is 4.22. The van der Waals surface area contributed by atoms with Crippen molar-refractivity contribution in [2.45, 2.75) is 20.0 Å². The van der Waals surface area contributed by atoms with E-state index >= 15 is 0 Å². The summed E-state index contributed by atoms with van der Waals surface area (Å²) in [6, 6.07) is 0. The summed E-state index contributed by atoms with van der Waals surface area (Å²) in [5.41, 5.74) is 0.112. The Morgan fingerprint density at radius 3 is 2.46 bits per heavy atom. The molecular weight excluding hydrogens is 172 g/mol. The van der Waals surface area contributed by atoms with E-state index in [-0.39, 0.29) is 5.57 Å². The summed E-state index contributed by atoms with van der Waals surface area (Å²) < 4.78 is 4.25. The van der Waals surface area contributed by atoms with Gasteiger partial charge >= 0.3 is 11.9 Å². The first-order valence-electron chi connectivity index (χ1n) is 3.71. The van der Waals surface area contributed by atoms with Crippen LogP contribution in [-0.4, -0.2) is 23.1 Å². The van der Waals surface area contributed by atoms with Crippen LogP contribution in [0.2, 0.25) is 0 Å². The molecule has 4 heteroatoms. The summed E-state index contributed by atoms with van der Waals surface area (Å²) >= 11 is 0. The van der Waals surface area contributed by atoms with Gasteiger partial charge in [0.2, 0.25) is 0 Å². The largest absolute Gasteiger partial charge is 0.387 e. The van der Waals surface area contributed by atoms with Gasteiger partial charge in [-0.15, -0.1) is 0 Å². The minimum atomic E-state index is -1.40. The van der Waals surface area contributed by atoms with Gasteiger partial charge in [0.05, 0.1) is 0 Å². The van der Waals surface area contributed by atoms with Gasteiger partial charge in [0.1, 0.15) is 0 Å². The maximum atomic E-state index is 10.9. The lowest BCUT2D eigenvalue weighted by atomic mass is 10.3. The highest BCUT2D eigenvalue weighted by Crippen LogP contribution is 1.97. The Kier molecular flexibility index (Phi) is 4.69. The number of rotatable bonds is 3. The van der Waals surface area contributed by atoms with Crippen molar-refractivity contribution in [2.75, 3.05) is 0 Å². The molecule has 0 amide bonds. The fourth-order valence-corrected chi connectivity index (χ4v) is 0.500. The van der Waals surface area contributed by atoms with Crippen molar-refractivity contribution in [1.82, 2.24) is 0 Å². The van der Waals surface area contributed by atoms with Gasteiger partial charge in [0.15, 0.2) is 6.10 Å². The number of allylic oxidation sites excluding steroid dienone is 1. The third-order valence-corrected chi connectivity index (χ3v) is 1.16. The van der Waals surface area contributed by atoms with E-state index < -0.39 is 18.0 Å². The van der Waals surface area contributed by atoms with Crippen LogP contribution in [0.25, 0.3) is 0 Å². The quantitative estimate of drug-likeness (QED) is 0.301. The highest BCUT2D eigenvalue weighted by molar-refractivity contribution is 5.96. The topological polar surface area (TPSA) is 63.6 Å². The van der Waals surface area contributed by atoms with Gasteiger partial charge in [-0.1, -0.05) is 12.7 Å². The lowest BCUT2D eigenvalue weighted by molar-refractivity contribution is -0.161. The van der Waals surface area contributed by atoms with Crippen LogP contribution in [0, 0.1) is 0 Å². The van der Waals surface area contributed by atoms with Gasteiger partial charge < -0.3 is 9.84 Å². The normalized spacial score (nSPS) is 12.5. The zero-order valence-corrected chi connectivity index (χ0v) is 7.61. The van der Waals surface area contributed by atoms with Crippen LogP contribution in [0.3, 0.4) is 0 Å². The molecule has 0 saturated heterocycles. The van der Waals surface area contributed by atoms with Gasteiger partial charge in [-0.25, -0.2) is 9.59 Å². The van der Waals surface area contributed by atoms with Crippen LogP contribution in [-0.2, 0) is 14.3 Å². The van der Waals surface area contributed by atoms with Crippen molar-refractivity contribution in [2.24, 2.45) is 0 Å². The van der Waals surface area contributed by atoms with Gasteiger partial charge in [-0.2, -0.15) is 0 Å². The summed E-state index contributed by atoms with van der Waals surface area (Å²) in [6.07, 6.45) is 1.30. The van der Waals surface area contributed by atoms with Crippen molar-refractivity contribution >= 4 is 11.9 Å². The lowest BCUT2D eigenvalue weighted by Gasteiger charge is -2.04. The van der Waals surface area contributed by atoms with Crippen LogP contribution in [0.5, 0.6) is 0 Å². The second-order valence-electron chi connectivity index (χ2n) is 2.46. The molecule has 0 aliphatic carbocycles. The number of aliphatic hydroxyl groups excluding tert-OH is 1. The Bertz CT molecular complexity index is 252. The van der Waals surface area contributed by atoms with E-state index in [2.05, 4.69) is 11.3 Å². The first kappa shape index (κ1) is 11.6. The number of ether oxygens (including phenoxy) is 1. The predicted octanol–water partition coefficient (Wildman–Crippen LogP) is 0.569. The van der Waals surface area contributed by atoms with E-state index in [0.717, 1.165) is 0 Å². The maximum Gasteiger partial charge on any atom is 0.346 e. The van der Waals surface area contributed by atoms with Gasteiger partial charge in [0, 0.05) is 5.57 Å². The molecular formula is C9H12O4. The first-order chi connectivity index (χ1) is 5.99. The molecule has 0 spiro atoms. The molecule has 0 aromatic heterocycles. The molecule has 1 N–H and O–H groups in total. The number of aliphatic hydroxyl groups is 1. The Balaban J connectivity index is 4.15. The Hall–Kier alpha value is -1.42. The number of esters is 2. The van der Waals surface area contributed by atoms with Crippen LogP contribution >= 0.6 is 0 Å². The molecule has 0 bridgehead atoms. The van der Waals surface area contributed by atoms with E-state index in [1.807, 2.05) is 0 Å². The standard InChI is InChI=1S/C9H12O4/c1-4-5-7(10)9(12)13-8(11)6(2)3/h4-5,7,10H,2H2,1,3H3. The van der Waals surface area contributed by atoms with Crippen molar-refractivity contribution in [3.63, 3.8) is 0 Å². The third-order valence-electron chi connectivity index (χ3n) is 1.16. The van der Waals surface area contributed by atoms with Crippen molar-refractivity contribution < 1.29 is 19.4 Å². The van der Waals surface area contributed by atoms with Crippen LogP contribution in [0.4, 0.5) is 0 Å². The molecule has 1 unspecified atom stereocenters. The number of carbonyl (C=O) groups is 2.